The summed E-state index contributed by atoms with van der Waals surface area (Å²) in [7, 11) is 2.07. The number of carbonyl (C=O) groups excluding carboxylic acids is 1. The number of nitrogens with two attached hydrogens (primary N) is 1. The molecule has 18 heavy (non-hydrogen) atoms. The van der Waals surface area contributed by atoms with Gasteiger partial charge in [-0.2, -0.15) is 0 Å². The molecular weight excluding hydrogens is 226 g/mol. The van der Waals surface area contributed by atoms with E-state index in [0.717, 1.165) is 30.8 Å². The number of amides is 1. The van der Waals surface area contributed by atoms with Crippen LogP contribution in [0.25, 0.3) is 6.08 Å². The van der Waals surface area contributed by atoms with Crippen LogP contribution in [0.5, 0.6) is 0 Å². The molecule has 1 aliphatic heterocycles. The van der Waals surface area contributed by atoms with E-state index in [2.05, 4.69) is 17.3 Å². The Morgan fingerprint density at radius 3 is 2.78 bits per heavy atom. The van der Waals surface area contributed by atoms with E-state index in [1.165, 1.54) is 0 Å². The first-order valence-corrected chi connectivity index (χ1v) is 6.16. The minimum Gasteiger partial charge on any atom is -0.399 e. The van der Waals surface area contributed by atoms with Crippen LogP contribution in [0.2, 0.25) is 0 Å². The monoisotopic (exact) mass is 245 g/mol. The number of nitrogens with zero attached hydrogens (tertiary/aromatic N) is 1. The van der Waals surface area contributed by atoms with Crippen molar-refractivity contribution in [2.24, 2.45) is 0 Å². The molecule has 2 rings (SSSR count). The molecule has 1 amide bonds. The Kier molecular flexibility index (Phi) is 3.99. The van der Waals surface area contributed by atoms with Gasteiger partial charge in [-0.15, -0.1) is 0 Å². The lowest BCUT2D eigenvalue weighted by atomic mass is 10.2. The highest BCUT2D eigenvalue weighted by Crippen LogP contribution is 2.08. The molecule has 1 aromatic rings. The molecule has 4 heteroatoms. The normalized spacial score (nSPS) is 20.4. The zero-order chi connectivity index (χ0) is 13.0. The summed E-state index contributed by atoms with van der Waals surface area (Å²) in [6.45, 7) is 1.98. The van der Waals surface area contributed by atoms with Gasteiger partial charge in [0.1, 0.15) is 0 Å². The zero-order valence-electron chi connectivity index (χ0n) is 10.6. The average molecular weight is 245 g/mol. The van der Waals surface area contributed by atoms with Crippen molar-refractivity contribution in [2.75, 3.05) is 25.9 Å². The first kappa shape index (κ1) is 12.6. The molecule has 1 fully saturated rings. The molecule has 1 aliphatic rings. The highest BCUT2D eigenvalue weighted by Gasteiger charge is 2.19. The third-order valence-corrected chi connectivity index (χ3v) is 3.10. The number of likely N-dealkylation sites (tertiary alicyclic amines) is 1. The molecule has 4 nitrogen and oxygen atoms in total. The van der Waals surface area contributed by atoms with Crippen molar-refractivity contribution < 1.29 is 4.79 Å². The van der Waals surface area contributed by atoms with Gasteiger partial charge in [-0.05, 0) is 43.8 Å². The van der Waals surface area contributed by atoms with E-state index in [4.69, 9.17) is 5.73 Å². The van der Waals surface area contributed by atoms with Gasteiger partial charge in [0.25, 0.3) is 0 Å². The number of hydrogen-bond acceptors (Lipinski definition) is 3. The van der Waals surface area contributed by atoms with Crippen molar-refractivity contribution >= 4 is 17.7 Å². The number of carbonyl (C=O) groups is 1. The second kappa shape index (κ2) is 5.69. The van der Waals surface area contributed by atoms with E-state index in [1.54, 1.807) is 12.2 Å². The van der Waals surface area contributed by atoms with Crippen LogP contribution in [0.1, 0.15) is 12.0 Å². The van der Waals surface area contributed by atoms with Crippen molar-refractivity contribution in [1.82, 2.24) is 10.2 Å². The molecule has 1 unspecified atom stereocenters. The SMILES string of the molecule is CN1CCC(NC(=O)/C=C/c2ccc(N)cc2)C1. The Morgan fingerprint density at radius 1 is 1.44 bits per heavy atom. The summed E-state index contributed by atoms with van der Waals surface area (Å²) in [5, 5.41) is 3.00. The maximum Gasteiger partial charge on any atom is 0.244 e. The average Bonchev–Trinajstić information content (AvgIpc) is 2.74. The van der Waals surface area contributed by atoms with E-state index in [1.807, 2.05) is 24.3 Å². The van der Waals surface area contributed by atoms with Gasteiger partial charge in [0.15, 0.2) is 0 Å². The molecule has 0 spiro atoms. The topological polar surface area (TPSA) is 58.4 Å². The zero-order valence-corrected chi connectivity index (χ0v) is 10.6. The van der Waals surface area contributed by atoms with Crippen LogP contribution < -0.4 is 11.1 Å². The van der Waals surface area contributed by atoms with E-state index in [9.17, 15) is 4.79 Å². The Hall–Kier alpha value is -1.81. The fourth-order valence-corrected chi connectivity index (χ4v) is 2.08. The van der Waals surface area contributed by atoms with E-state index in [-0.39, 0.29) is 11.9 Å². The fourth-order valence-electron chi connectivity index (χ4n) is 2.08. The largest absolute Gasteiger partial charge is 0.399 e. The number of likely N-dealkylation sites (N-methyl/N-ethyl adjacent to an activating group) is 1. The maximum atomic E-state index is 11.7. The van der Waals surface area contributed by atoms with Gasteiger partial charge in [-0.25, -0.2) is 0 Å². The molecule has 0 aromatic heterocycles. The summed E-state index contributed by atoms with van der Waals surface area (Å²) in [4.78, 5) is 13.9. The summed E-state index contributed by atoms with van der Waals surface area (Å²) in [5.74, 6) is -0.0351. The molecule has 1 saturated heterocycles. The highest BCUT2D eigenvalue weighted by atomic mass is 16.1. The third kappa shape index (κ3) is 3.60. The van der Waals surface area contributed by atoms with Crippen LogP contribution in [-0.4, -0.2) is 37.0 Å². The number of nitrogens with one attached hydrogen (secondary N) is 1. The van der Waals surface area contributed by atoms with Gasteiger partial charge in [0.2, 0.25) is 5.91 Å². The molecule has 0 aliphatic carbocycles. The lowest BCUT2D eigenvalue weighted by Gasteiger charge is -2.10. The molecular formula is C14H19N3O. The Labute approximate surface area is 107 Å². The second-order valence-corrected chi connectivity index (χ2v) is 4.76. The van der Waals surface area contributed by atoms with Gasteiger partial charge < -0.3 is 16.0 Å². The molecule has 0 radical (unpaired) electrons. The molecule has 1 atom stereocenters. The summed E-state index contributed by atoms with van der Waals surface area (Å²) in [6.07, 6.45) is 4.40. The van der Waals surface area contributed by atoms with Crippen molar-refractivity contribution in [1.29, 1.82) is 0 Å². The summed E-state index contributed by atoms with van der Waals surface area (Å²) >= 11 is 0. The Balaban J connectivity index is 1.85. The molecule has 96 valence electrons. The van der Waals surface area contributed by atoms with Crippen molar-refractivity contribution in [3.05, 3.63) is 35.9 Å². The first-order chi connectivity index (χ1) is 8.63. The highest BCUT2D eigenvalue weighted by molar-refractivity contribution is 5.91. The number of nitrogen functional groups attached to an aromatic ring is 1. The third-order valence-electron chi connectivity index (χ3n) is 3.10. The second-order valence-electron chi connectivity index (χ2n) is 4.76. The minimum atomic E-state index is -0.0351. The number of rotatable bonds is 3. The Bertz CT molecular complexity index is 439. The summed E-state index contributed by atoms with van der Waals surface area (Å²) < 4.78 is 0. The Morgan fingerprint density at radius 2 is 2.17 bits per heavy atom. The molecule has 3 N–H and O–H groups in total. The quantitative estimate of drug-likeness (QED) is 0.619. The predicted molar refractivity (Wildman–Crippen MR) is 73.9 cm³/mol. The molecule has 1 aromatic carbocycles. The lowest BCUT2D eigenvalue weighted by molar-refractivity contribution is -0.117. The molecule has 0 bridgehead atoms. The summed E-state index contributed by atoms with van der Waals surface area (Å²) in [5.41, 5.74) is 7.30. The first-order valence-electron chi connectivity index (χ1n) is 6.16. The molecule has 0 saturated carbocycles. The van der Waals surface area contributed by atoms with Crippen LogP contribution in [-0.2, 0) is 4.79 Å². The number of hydrogen-bond donors (Lipinski definition) is 2. The number of anilines is 1. The lowest BCUT2D eigenvalue weighted by Crippen LogP contribution is -2.35. The van der Waals surface area contributed by atoms with Crippen LogP contribution in [0, 0.1) is 0 Å². The van der Waals surface area contributed by atoms with Gasteiger partial charge in [-0.1, -0.05) is 12.1 Å². The fraction of sp³-hybridized carbons (Fsp3) is 0.357. The van der Waals surface area contributed by atoms with Gasteiger partial charge in [-0.3, -0.25) is 4.79 Å². The van der Waals surface area contributed by atoms with Crippen LogP contribution in [0.3, 0.4) is 0 Å². The van der Waals surface area contributed by atoms with Gasteiger partial charge in [0.05, 0.1) is 0 Å². The van der Waals surface area contributed by atoms with Gasteiger partial charge in [0, 0.05) is 24.4 Å². The van der Waals surface area contributed by atoms with E-state index in [0.29, 0.717) is 0 Å². The molecule has 1 heterocycles. The minimum absolute atomic E-state index is 0.0351. The van der Waals surface area contributed by atoms with Crippen molar-refractivity contribution in [3.8, 4) is 0 Å². The standard InChI is InChI=1S/C14H19N3O/c1-17-9-8-13(10-17)16-14(18)7-4-11-2-5-12(15)6-3-11/h2-7,13H,8-10,15H2,1H3,(H,16,18)/b7-4+. The van der Waals surface area contributed by atoms with E-state index < -0.39 is 0 Å². The maximum absolute atomic E-state index is 11.7. The van der Waals surface area contributed by atoms with Crippen LogP contribution in [0.4, 0.5) is 5.69 Å². The number of benzene rings is 1. The van der Waals surface area contributed by atoms with Crippen molar-refractivity contribution in [2.45, 2.75) is 12.5 Å². The van der Waals surface area contributed by atoms with Crippen LogP contribution >= 0.6 is 0 Å². The van der Waals surface area contributed by atoms with Crippen LogP contribution in [0.15, 0.2) is 30.3 Å². The van der Waals surface area contributed by atoms with Crippen molar-refractivity contribution in [3.63, 3.8) is 0 Å². The smallest absolute Gasteiger partial charge is 0.244 e. The predicted octanol–water partition coefficient (Wildman–Crippen LogP) is 1.10. The van der Waals surface area contributed by atoms with Gasteiger partial charge >= 0.3 is 0 Å². The summed E-state index contributed by atoms with van der Waals surface area (Å²) in [6, 6.07) is 7.70. The van der Waals surface area contributed by atoms with E-state index >= 15 is 0 Å².